The van der Waals surface area contributed by atoms with Gasteiger partial charge in [-0.3, -0.25) is 14.6 Å². The van der Waals surface area contributed by atoms with Crippen LogP contribution in [0, 0.1) is 0 Å². The third kappa shape index (κ3) is 5.09. The van der Waals surface area contributed by atoms with Gasteiger partial charge >= 0.3 is 0 Å². The van der Waals surface area contributed by atoms with Gasteiger partial charge in [0.05, 0.1) is 12.6 Å². The van der Waals surface area contributed by atoms with Crippen molar-refractivity contribution < 1.29 is 9.53 Å². The molecule has 1 heterocycles. The Labute approximate surface area is 133 Å². The number of hydrogen-bond acceptors (Lipinski definition) is 4. The molecule has 122 valence electrons. The standard InChI is InChI=1S/C17H27N3O2/c1-15(17(21)18-8-13-22-2)20-11-9-19(10-12-20)14-16-6-4-3-5-7-16/h3-7,15H,8-14H2,1-2H3,(H,18,21)/t15-/m0/s1. The number of rotatable bonds is 7. The summed E-state index contributed by atoms with van der Waals surface area (Å²) in [7, 11) is 1.64. The van der Waals surface area contributed by atoms with Crippen molar-refractivity contribution in [1.82, 2.24) is 15.1 Å². The zero-order chi connectivity index (χ0) is 15.8. The van der Waals surface area contributed by atoms with Crippen LogP contribution in [0.4, 0.5) is 0 Å². The van der Waals surface area contributed by atoms with Crippen molar-refractivity contribution >= 4 is 5.91 Å². The maximum Gasteiger partial charge on any atom is 0.237 e. The molecule has 5 nitrogen and oxygen atoms in total. The first kappa shape index (κ1) is 16.9. The molecule has 1 fully saturated rings. The minimum Gasteiger partial charge on any atom is -0.383 e. The summed E-state index contributed by atoms with van der Waals surface area (Å²) >= 11 is 0. The van der Waals surface area contributed by atoms with Crippen molar-refractivity contribution in [2.45, 2.75) is 19.5 Å². The highest BCUT2D eigenvalue weighted by Gasteiger charge is 2.25. The molecule has 5 heteroatoms. The van der Waals surface area contributed by atoms with E-state index >= 15 is 0 Å². The SMILES string of the molecule is COCCNC(=O)[C@H](C)N1CCN(Cc2ccccc2)CC1. The molecule has 22 heavy (non-hydrogen) atoms. The molecule has 0 radical (unpaired) electrons. The summed E-state index contributed by atoms with van der Waals surface area (Å²) in [6, 6.07) is 10.5. The van der Waals surface area contributed by atoms with E-state index in [1.807, 2.05) is 13.0 Å². The van der Waals surface area contributed by atoms with E-state index in [-0.39, 0.29) is 11.9 Å². The van der Waals surface area contributed by atoms with Gasteiger partial charge < -0.3 is 10.1 Å². The summed E-state index contributed by atoms with van der Waals surface area (Å²) in [4.78, 5) is 16.8. The highest BCUT2D eigenvalue weighted by Crippen LogP contribution is 2.10. The molecule has 1 aliphatic heterocycles. The zero-order valence-electron chi connectivity index (χ0n) is 13.6. The van der Waals surface area contributed by atoms with Gasteiger partial charge in [0.1, 0.15) is 0 Å². The molecule has 1 aromatic carbocycles. The average Bonchev–Trinajstić information content (AvgIpc) is 2.56. The predicted molar refractivity (Wildman–Crippen MR) is 87.6 cm³/mol. The number of piperazine rings is 1. The van der Waals surface area contributed by atoms with E-state index in [9.17, 15) is 4.79 Å². The van der Waals surface area contributed by atoms with Crippen LogP contribution in [0.5, 0.6) is 0 Å². The van der Waals surface area contributed by atoms with Gasteiger partial charge in [0.15, 0.2) is 0 Å². The van der Waals surface area contributed by atoms with Gasteiger partial charge in [-0.1, -0.05) is 30.3 Å². The number of hydrogen-bond donors (Lipinski definition) is 1. The monoisotopic (exact) mass is 305 g/mol. The molecular weight excluding hydrogens is 278 g/mol. The molecule has 0 saturated carbocycles. The molecule has 1 aliphatic rings. The summed E-state index contributed by atoms with van der Waals surface area (Å²) in [6.07, 6.45) is 0. The van der Waals surface area contributed by atoms with Crippen LogP contribution in [-0.2, 0) is 16.1 Å². The highest BCUT2D eigenvalue weighted by atomic mass is 16.5. The van der Waals surface area contributed by atoms with Crippen molar-refractivity contribution in [3.05, 3.63) is 35.9 Å². The van der Waals surface area contributed by atoms with E-state index < -0.39 is 0 Å². The fourth-order valence-electron chi connectivity index (χ4n) is 2.74. The number of carbonyl (C=O) groups excluding carboxylic acids is 1. The average molecular weight is 305 g/mol. The third-order valence-electron chi connectivity index (χ3n) is 4.19. The van der Waals surface area contributed by atoms with Gasteiger partial charge in [0.25, 0.3) is 0 Å². The van der Waals surface area contributed by atoms with Crippen LogP contribution in [0.15, 0.2) is 30.3 Å². The number of nitrogens with zero attached hydrogens (tertiary/aromatic N) is 2. The van der Waals surface area contributed by atoms with Crippen molar-refractivity contribution in [3.63, 3.8) is 0 Å². The summed E-state index contributed by atoms with van der Waals surface area (Å²) in [5.41, 5.74) is 1.35. The molecular formula is C17H27N3O2. The zero-order valence-corrected chi connectivity index (χ0v) is 13.6. The van der Waals surface area contributed by atoms with Crippen LogP contribution in [0.1, 0.15) is 12.5 Å². The van der Waals surface area contributed by atoms with Gasteiger partial charge in [-0.05, 0) is 12.5 Å². The third-order valence-corrected chi connectivity index (χ3v) is 4.19. The fourth-order valence-corrected chi connectivity index (χ4v) is 2.74. The van der Waals surface area contributed by atoms with Crippen LogP contribution in [0.2, 0.25) is 0 Å². The van der Waals surface area contributed by atoms with Crippen molar-refractivity contribution in [3.8, 4) is 0 Å². The molecule has 0 spiro atoms. The first-order valence-electron chi connectivity index (χ1n) is 7.97. The Morgan fingerprint density at radius 3 is 2.55 bits per heavy atom. The first-order chi connectivity index (χ1) is 10.7. The lowest BCUT2D eigenvalue weighted by molar-refractivity contribution is -0.126. The van der Waals surface area contributed by atoms with Gasteiger partial charge in [-0.25, -0.2) is 0 Å². The van der Waals surface area contributed by atoms with Crippen molar-refractivity contribution in [1.29, 1.82) is 0 Å². The normalized spacial score (nSPS) is 18.1. The molecule has 0 aliphatic carbocycles. The Bertz CT molecular complexity index is 444. The largest absolute Gasteiger partial charge is 0.383 e. The van der Waals surface area contributed by atoms with Crippen LogP contribution in [0.25, 0.3) is 0 Å². The lowest BCUT2D eigenvalue weighted by Gasteiger charge is -2.37. The highest BCUT2D eigenvalue weighted by molar-refractivity contribution is 5.81. The van der Waals surface area contributed by atoms with Crippen LogP contribution < -0.4 is 5.32 Å². The molecule has 1 amide bonds. The van der Waals surface area contributed by atoms with E-state index in [0.29, 0.717) is 13.2 Å². The maximum atomic E-state index is 12.1. The Morgan fingerprint density at radius 2 is 1.91 bits per heavy atom. The summed E-state index contributed by atoms with van der Waals surface area (Å²) in [5.74, 6) is 0.0913. The molecule has 1 saturated heterocycles. The topological polar surface area (TPSA) is 44.8 Å². The number of carbonyl (C=O) groups is 1. The van der Waals surface area contributed by atoms with E-state index in [1.165, 1.54) is 5.56 Å². The summed E-state index contributed by atoms with van der Waals surface area (Å²) in [6.45, 7) is 7.99. The molecule has 2 rings (SSSR count). The number of benzene rings is 1. The number of nitrogens with one attached hydrogen (secondary N) is 1. The molecule has 1 aromatic rings. The maximum absolute atomic E-state index is 12.1. The van der Waals surface area contributed by atoms with Crippen LogP contribution >= 0.6 is 0 Å². The van der Waals surface area contributed by atoms with E-state index in [2.05, 4.69) is 39.4 Å². The molecule has 0 bridgehead atoms. The van der Waals surface area contributed by atoms with E-state index in [4.69, 9.17) is 4.74 Å². The quantitative estimate of drug-likeness (QED) is 0.762. The van der Waals surface area contributed by atoms with Gasteiger partial charge in [0, 0.05) is 46.4 Å². The minimum absolute atomic E-state index is 0.0734. The van der Waals surface area contributed by atoms with Gasteiger partial charge in [0.2, 0.25) is 5.91 Å². The summed E-state index contributed by atoms with van der Waals surface area (Å²) < 4.78 is 4.95. The molecule has 1 N–H and O–H groups in total. The predicted octanol–water partition coefficient (Wildman–Crippen LogP) is 0.955. The smallest absolute Gasteiger partial charge is 0.237 e. The fraction of sp³-hybridized carbons (Fsp3) is 0.588. The van der Waals surface area contributed by atoms with E-state index in [0.717, 1.165) is 32.7 Å². The Balaban J connectivity index is 1.73. The van der Waals surface area contributed by atoms with Crippen LogP contribution in [-0.4, -0.2) is 68.2 Å². The number of ether oxygens (including phenoxy) is 1. The second-order valence-electron chi connectivity index (χ2n) is 5.76. The van der Waals surface area contributed by atoms with Crippen molar-refractivity contribution in [2.24, 2.45) is 0 Å². The van der Waals surface area contributed by atoms with Gasteiger partial charge in [-0.15, -0.1) is 0 Å². The lowest BCUT2D eigenvalue weighted by atomic mass is 10.1. The molecule has 0 unspecified atom stereocenters. The number of amides is 1. The number of methoxy groups -OCH3 is 1. The van der Waals surface area contributed by atoms with Gasteiger partial charge in [-0.2, -0.15) is 0 Å². The summed E-state index contributed by atoms with van der Waals surface area (Å²) in [5, 5.41) is 2.91. The van der Waals surface area contributed by atoms with Crippen molar-refractivity contribution in [2.75, 3.05) is 46.4 Å². The first-order valence-corrected chi connectivity index (χ1v) is 7.97. The Morgan fingerprint density at radius 1 is 1.23 bits per heavy atom. The second-order valence-corrected chi connectivity index (χ2v) is 5.76. The second kappa shape index (κ2) is 8.88. The minimum atomic E-state index is -0.0734. The molecule has 0 aromatic heterocycles. The Kier molecular flexibility index (Phi) is 6.83. The molecule has 1 atom stereocenters. The van der Waals surface area contributed by atoms with Crippen LogP contribution in [0.3, 0.4) is 0 Å². The van der Waals surface area contributed by atoms with E-state index in [1.54, 1.807) is 7.11 Å². The Hall–Kier alpha value is -1.43. The lowest BCUT2D eigenvalue weighted by Crippen LogP contribution is -2.53.